The molecule has 32 heavy (non-hydrogen) atoms. The van der Waals surface area contributed by atoms with E-state index >= 15 is 0 Å². The molecule has 0 bridgehead atoms. The number of urea groups is 1. The van der Waals surface area contributed by atoms with E-state index < -0.39 is 28.8 Å². The molecule has 0 radical (unpaired) electrons. The summed E-state index contributed by atoms with van der Waals surface area (Å²) in [6, 6.07) is 14.5. The standard InChI is InChI=1S/C22H16ClF3N2O4/c1-31-16-7-2-13(3-8-16)20(29)32-17-9-4-14(5-10-17)27-21(30)28-15-6-11-19(23)18(12-15)22(24,25)26/h2-12H,1H3,(H2,27,28,30). The smallest absolute Gasteiger partial charge is 0.417 e. The van der Waals surface area contributed by atoms with Gasteiger partial charge in [-0.15, -0.1) is 0 Å². The SMILES string of the molecule is COc1ccc(C(=O)Oc2ccc(NC(=O)Nc3ccc(Cl)c(C(F)(F)F)c3)cc2)cc1. The lowest BCUT2D eigenvalue weighted by molar-refractivity contribution is -0.137. The van der Waals surface area contributed by atoms with Crippen LogP contribution in [-0.2, 0) is 6.18 Å². The van der Waals surface area contributed by atoms with E-state index in [1.54, 1.807) is 24.3 Å². The highest BCUT2D eigenvalue weighted by molar-refractivity contribution is 6.31. The first-order valence-corrected chi connectivity index (χ1v) is 9.44. The topological polar surface area (TPSA) is 76.7 Å². The molecule has 0 saturated carbocycles. The Hall–Kier alpha value is -3.72. The summed E-state index contributed by atoms with van der Waals surface area (Å²) in [5.41, 5.74) is -0.477. The Morgan fingerprint density at radius 3 is 2.00 bits per heavy atom. The third-order valence-corrected chi connectivity index (χ3v) is 4.51. The predicted octanol–water partition coefficient (Wildman–Crippen LogP) is 6.23. The average Bonchev–Trinajstić information content (AvgIpc) is 2.75. The minimum Gasteiger partial charge on any atom is -0.497 e. The number of anilines is 2. The summed E-state index contributed by atoms with van der Waals surface area (Å²) in [6.07, 6.45) is -4.65. The van der Waals surface area contributed by atoms with Crippen molar-refractivity contribution in [2.24, 2.45) is 0 Å². The Labute approximate surface area is 185 Å². The number of hydrogen-bond acceptors (Lipinski definition) is 4. The van der Waals surface area contributed by atoms with Gasteiger partial charge in [-0.1, -0.05) is 11.6 Å². The highest BCUT2D eigenvalue weighted by Crippen LogP contribution is 2.36. The summed E-state index contributed by atoms with van der Waals surface area (Å²) in [5.74, 6) is 0.266. The van der Waals surface area contributed by atoms with Gasteiger partial charge >= 0.3 is 18.2 Å². The minimum atomic E-state index is -4.65. The van der Waals surface area contributed by atoms with E-state index in [1.165, 1.54) is 37.4 Å². The molecule has 2 N–H and O–H groups in total. The number of halogens is 4. The van der Waals surface area contributed by atoms with E-state index in [9.17, 15) is 22.8 Å². The largest absolute Gasteiger partial charge is 0.497 e. The van der Waals surface area contributed by atoms with Crippen molar-refractivity contribution < 1.29 is 32.2 Å². The molecule has 0 aliphatic rings. The van der Waals surface area contributed by atoms with Gasteiger partial charge in [-0.25, -0.2) is 9.59 Å². The van der Waals surface area contributed by atoms with Crippen LogP contribution in [0, 0.1) is 0 Å². The fourth-order valence-electron chi connectivity index (χ4n) is 2.61. The number of carbonyl (C=O) groups excluding carboxylic acids is 2. The number of ether oxygens (including phenoxy) is 2. The summed E-state index contributed by atoms with van der Waals surface area (Å²) in [4.78, 5) is 24.3. The van der Waals surface area contributed by atoms with Crippen LogP contribution in [0.4, 0.5) is 29.3 Å². The maximum Gasteiger partial charge on any atom is 0.417 e. The van der Waals surface area contributed by atoms with Crippen molar-refractivity contribution in [3.8, 4) is 11.5 Å². The van der Waals surface area contributed by atoms with Crippen LogP contribution in [0.1, 0.15) is 15.9 Å². The molecule has 3 aromatic carbocycles. The van der Waals surface area contributed by atoms with Gasteiger partial charge in [-0.05, 0) is 66.7 Å². The Kier molecular flexibility index (Phi) is 6.89. The predicted molar refractivity (Wildman–Crippen MR) is 113 cm³/mol. The molecule has 0 aromatic heterocycles. The van der Waals surface area contributed by atoms with Crippen LogP contribution in [-0.4, -0.2) is 19.1 Å². The van der Waals surface area contributed by atoms with Crippen LogP contribution in [0.3, 0.4) is 0 Å². The van der Waals surface area contributed by atoms with Gasteiger partial charge in [0.25, 0.3) is 0 Å². The lowest BCUT2D eigenvalue weighted by atomic mass is 10.2. The highest BCUT2D eigenvalue weighted by Gasteiger charge is 2.33. The van der Waals surface area contributed by atoms with E-state index in [2.05, 4.69) is 10.6 Å². The molecule has 10 heteroatoms. The first-order valence-electron chi connectivity index (χ1n) is 9.07. The second-order valence-corrected chi connectivity index (χ2v) is 6.82. The quantitative estimate of drug-likeness (QED) is 0.346. The molecule has 166 valence electrons. The van der Waals surface area contributed by atoms with Crippen molar-refractivity contribution in [2.45, 2.75) is 6.18 Å². The Morgan fingerprint density at radius 1 is 0.844 bits per heavy atom. The summed E-state index contributed by atoms with van der Waals surface area (Å²) in [6.45, 7) is 0. The van der Waals surface area contributed by atoms with Crippen LogP contribution < -0.4 is 20.1 Å². The molecule has 6 nitrogen and oxygen atoms in total. The lowest BCUT2D eigenvalue weighted by Gasteiger charge is -2.12. The fraction of sp³-hybridized carbons (Fsp3) is 0.0909. The molecule has 0 heterocycles. The second kappa shape index (κ2) is 9.61. The van der Waals surface area contributed by atoms with Gasteiger partial charge < -0.3 is 20.1 Å². The summed E-state index contributed by atoms with van der Waals surface area (Å²) >= 11 is 5.56. The number of nitrogens with one attached hydrogen (secondary N) is 2. The molecule has 0 saturated heterocycles. The number of alkyl halides is 3. The van der Waals surface area contributed by atoms with Gasteiger partial charge in [-0.3, -0.25) is 0 Å². The van der Waals surface area contributed by atoms with Crippen LogP contribution in [0.25, 0.3) is 0 Å². The van der Waals surface area contributed by atoms with Crippen molar-refractivity contribution in [1.82, 2.24) is 0 Å². The third-order valence-electron chi connectivity index (χ3n) is 4.18. The number of hydrogen-bond donors (Lipinski definition) is 2. The number of amides is 2. The zero-order valence-corrected chi connectivity index (χ0v) is 17.3. The zero-order chi connectivity index (χ0) is 23.3. The van der Waals surface area contributed by atoms with Crippen LogP contribution in [0.5, 0.6) is 11.5 Å². The normalized spacial score (nSPS) is 10.9. The lowest BCUT2D eigenvalue weighted by Crippen LogP contribution is -2.20. The summed E-state index contributed by atoms with van der Waals surface area (Å²) in [7, 11) is 1.51. The molecule has 0 spiro atoms. The van der Waals surface area contributed by atoms with Gasteiger partial charge in [0.2, 0.25) is 0 Å². The van der Waals surface area contributed by atoms with Gasteiger partial charge in [0, 0.05) is 11.4 Å². The van der Waals surface area contributed by atoms with Gasteiger partial charge in [0.05, 0.1) is 23.3 Å². The monoisotopic (exact) mass is 464 g/mol. The number of carbonyl (C=O) groups is 2. The molecule has 0 fully saturated rings. The molecule has 3 rings (SSSR count). The molecule has 2 amide bonds. The second-order valence-electron chi connectivity index (χ2n) is 6.41. The molecular formula is C22H16ClF3N2O4. The summed E-state index contributed by atoms with van der Waals surface area (Å²) < 4.78 is 49.1. The molecule has 3 aromatic rings. The van der Waals surface area contributed by atoms with Crippen LogP contribution >= 0.6 is 11.6 Å². The fourth-order valence-corrected chi connectivity index (χ4v) is 2.84. The number of benzene rings is 3. The van der Waals surface area contributed by atoms with Crippen molar-refractivity contribution in [1.29, 1.82) is 0 Å². The number of methoxy groups -OCH3 is 1. The summed E-state index contributed by atoms with van der Waals surface area (Å²) in [5, 5.41) is 4.30. The molecular weight excluding hydrogens is 449 g/mol. The maximum absolute atomic E-state index is 12.9. The van der Waals surface area contributed by atoms with Crippen molar-refractivity contribution in [2.75, 3.05) is 17.7 Å². The first kappa shape index (κ1) is 23.0. The Balaban J connectivity index is 1.59. The van der Waals surface area contributed by atoms with Gasteiger partial charge in [-0.2, -0.15) is 13.2 Å². The molecule has 0 aliphatic carbocycles. The zero-order valence-electron chi connectivity index (χ0n) is 16.5. The number of rotatable bonds is 5. The third kappa shape index (κ3) is 5.92. The molecule has 0 atom stereocenters. The van der Waals surface area contributed by atoms with Crippen LogP contribution in [0.2, 0.25) is 5.02 Å². The van der Waals surface area contributed by atoms with Gasteiger partial charge in [0.1, 0.15) is 11.5 Å². The van der Waals surface area contributed by atoms with Gasteiger partial charge in [0.15, 0.2) is 0 Å². The van der Waals surface area contributed by atoms with E-state index in [0.717, 1.165) is 12.1 Å². The minimum absolute atomic E-state index is 0.0794. The maximum atomic E-state index is 12.9. The Morgan fingerprint density at radius 2 is 1.41 bits per heavy atom. The van der Waals surface area contributed by atoms with E-state index in [1.807, 2.05) is 0 Å². The van der Waals surface area contributed by atoms with Crippen molar-refractivity contribution in [3.05, 3.63) is 82.9 Å². The van der Waals surface area contributed by atoms with E-state index in [-0.39, 0.29) is 11.4 Å². The van der Waals surface area contributed by atoms with Crippen molar-refractivity contribution in [3.63, 3.8) is 0 Å². The highest BCUT2D eigenvalue weighted by atomic mass is 35.5. The van der Waals surface area contributed by atoms with E-state index in [0.29, 0.717) is 17.0 Å². The van der Waals surface area contributed by atoms with Crippen LogP contribution in [0.15, 0.2) is 66.7 Å². The van der Waals surface area contributed by atoms with Crippen molar-refractivity contribution >= 4 is 35.0 Å². The number of esters is 1. The molecule has 0 aliphatic heterocycles. The average molecular weight is 465 g/mol. The Bertz CT molecular complexity index is 1120. The first-order chi connectivity index (χ1) is 15.2. The van der Waals surface area contributed by atoms with E-state index in [4.69, 9.17) is 21.1 Å². The molecule has 0 unspecified atom stereocenters.